The monoisotopic (exact) mass is 270 g/mol. The van der Waals surface area contributed by atoms with Crippen LogP contribution in [0.3, 0.4) is 0 Å². The molecule has 2 amide bonds. The Kier molecular flexibility index (Phi) is 7.72. The number of nitrogens with one attached hydrogen (secondary N) is 1. The molecule has 1 rings (SSSR count). The lowest BCUT2D eigenvalue weighted by Crippen LogP contribution is -2.41. The highest BCUT2D eigenvalue weighted by molar-refractivity contribution is 5.85. The van der Waals surface area contributed by atoms with Gasteiger partial charge in [-0.3, -0.25) is 9.59 Å². The zero-order valence-electron chi connectivity index (χ0n) is 13.1. The van der Waals surface area contributed by atoms with Crippen LogP contribution < -0.4 is 11.1 Å². The molecular formula is C15H30N2O2. The predicted molar refractivity (Wildman–Crippen MR) is 78.5 cm³/mol. The third kappa shape index (κ3) is 5.21. The van der Waals surface area contributed by atoms with Crippen molar-refractivity contribution in [2.75, 3.05) is 0 Å². The van der Waals surface area contributed by atoms with Gasteiger partial charge < -0.3 is 11.1 Å². The molecule has 0 radical (unpaired) electrons. The third-order valence-electron chi connectivity index (χ3n) is 3.91. The number of carbonyl (C=O) groups is 2. The first-order chi connectivity index (χ1) is 8.92. The summed E-state index contributed by atoms with van der Waals surface area (Å²) in [6.07, 6.45) is 3.80. The van der Waals surface area contributed by atoms with Crippen molar-refractivity contribution in [1.82, 2.24) is 5.32 Å². The van der Waals surface area contributed by atoms with E-state index in [2.05, 4.69) is 19.2 Å². The predicted octanol–water partition coefficient (Wildman–Crippen LogP) is 2.61. The van der Waals surface area contributed by atoms with Gasteiger partial charge in [0.25, 0.3) is 0 Å². The zero-order valence-corrected chi connectivity index (χ0v) is 13.1. The van der Waals surface area contributed by atoms with Crippen LogP contribution in [0.1, 0.15) is 66.7 Å². The molecular weight excluding hydrogens is 240 g/mol. The Bertz CT molecular complexity index is 297. The van der Waals surface area contributed by atoms with Crippen molar-refractivity contribution in [3.63, 3.8) is 0 Å². The van der Waals surface area contributed by atoms with Gasteiger partial charge in [-0.2, -0.15) is 0 Å². The first-order valence-electron chi connectivity index (χ1n) is 7.51. The van der Waals surface area contributed by atoms with Gasteiger partial charge in [-0.1, -0.05) is 34.6 Å². The van der Waals surface area contributed by atoms with Gasteiger partial charge in [0, 0.05) is 12.5 Å². The smallest absolute Gasteiger partial charge is 0.226 e. The van der Waals surface area contributed by atoms with E-state index in [1.165, 1.54) is 0 Å². The SMILES string of the molecule is CC.CCC(CCC(N)=O)NC(=O)C1(C(C)C)CC1. The minimum Gasteiger partial charge on any atom is -0.370 e. The van der Waals surface area contributed by atoms with E-state index in [0.29, 0.717) is 18.8 Å². The van der Waals surface area contributed by atoms with E-state index in [0.717, 1.165) is 19.3 Å². The van der Waals surface area contributed by atoms with Crippen LogP contribution in [0.4, 0.5) is 0 Å². The molecule has 1 aliphatic rings. The molecule has 0 aliphatic heterocycles. The number of carbonyl (C=O) groups excluding carboxylic acids is 2. The lowest BCUT2D eigenvalue weighted by atomic mass is 9.91. The molecule has 1 saturated carbocycles. The molecule has 1 atom stereocenters. The lowest BCUT2D eigenvalue weighted by Gasteiger charge is -2.23. The number of hydrogen-bond acceptors (Lipinski definition) is 2. The Balaban J connectivity index is 0.00000154. The molecule has 1 unspecified atom stereocenters. The van der Waals surface area contributed by atoms with E-state index in [-0.39, 0.29) is 23.3 Å². The average Bonchev–Trinajstić information content (AvgIpc) is 3.17. The maximum atomic E-state index is 12.2. The molecule has 4 heteroatoms. The number of primary amides is 1. The van der Waals surface area contributed by atoms with Crippen LogP contribution in [0, 0.1) is 11.3 Å². The van der Waals surface area contributed by atoms with Gasteiger partial charge >= 0.3 is 0 Å². The minimum atomic E-state index is -0.303. The summed E-state index contributed by atoms with van der Waals surface area (Å²) < 4.78 is 0. The molecule has 112 valence electrons. The fraction of sp³-hybridized carbons (Fsp3) is 0.867. The van der Waals surface area contributed by atoms with E-state index in [1.807, 2.05) is 20.8 Å². The number of hydrogen-bond donors (Lipinski definition) is 2. The van der Waals surface area contributed by atoms with Crippen LogP contribution in [0.5, 0.6) is 0 Å². The van der Waals surface area contributed by atoms with Crippen molar-refractivity contribution in [3.05, 3.63) is 0 Å². The molecule has 19 heavy (non-hydrogen) atoms. The van der Waals surface area contributed by atoms with Gasteiger partial charge in [0.15, 0.2) is 0 Å². The first kappa shape index (κ1) is 17.9. The van der Waals surface area contributed by atoms with Crippen molar-refractivity contribution < 1.29 is 9.59 Å². The van der Waals surface area contributed by atoms with E-state index in [9.17, 15) is 9.59 Å². The van der Waals surface area contributed by atoms with Crippen LogP contribution in [0.15, 0.2) is 0 Å². The van der Waals surface area contributed by atoms with Crippen molar-refractivity contribution in [2.24, 2.45) is 17.1 Å². The number of nitrogens with two attached hydrogens (primary N) is 1. The Morgan fingerprint density at radius 3 is 2.11 bits per heavy atom. The van der Waals surface area contributed by atoms with Gasteiger partial charge in [0.05, 0.1) is 5.41 Å². The second kappa shape index (κ2) is 8.18. The standard InChI is InChI=1S/C13H24N2O2.C2H6/c1-4-10(5-6-11(14)16)15-12(17)13(7-8-13)9(2)3;1-2/h9-10H,4-8H2,1-3H3,(H2,14,16)(H,15,17);1-2H3. The van der Waals surface area contributed by atoms with E-state index < -0.39 is 0 Å². The van der Waals surface area contributed by atoms with E-state index >= 15 is 0 Å². The molecule has 0 aromatic rings. The topological polar surface area (TPSA) is 72.2 Å². The average molecular weight is 270 g/mol. The molecule has 1 aliphatic carbocycles. The fourth-order valence-corrected chi connectivity index (χ4v) is 2.23. The Morgan fingerprint density at radius 1 is 1.26 bits per heavy atom. The van der Waals surface area contributed by atoms with Crippen LogP contribution in [-0.2, 0) is 9.59 Å². The Labute approximate surface area is 117 Å². The van der Waals surface area contributed by atoms with Crippen molar-refractivity contribution in [2.45, 2.75) is 72.8 Å². The Morgan fingerprint density at radius 2 is 1.79 bits per heavy atom. The van der Waals surface area contributed by atoms with Crippen LogP contribution in [-0.4, -0.2) is 17.9 Å². The second-order valence-corrected chi connectivity index (χ2v) is 5.39. The quantitative estimate of drug-likeness (QED) is 0.746. The molecule has 0 bridgehead atoms. The summed E-state index contributed by atoms with van der Waals surface area (Å²) in [7, 11) is 0. The maximum Gasteiger partial charge on any atom is 0.226 e. The molecule has 0 aromatic heterocycles. The van der Waals surface area contributed by atoms with Gasteiger partial charge in [-0.15, -0.1) is 0 Å². The van der Waals surface area contributed by atoms with Crippen molar-refractivity contribution in [1.29, 1.82) is 0 Å². The van der Waals surface area contributed by atoms with Gasteiger partial charge in [-0.25, -0.2) is 0 Å². The maximum absolute atomic E-state index is 12.2. The van der Waals surface area contributed by atoms with Crippen LogP contribution in [0.25, 0.3) is 0 Å². The first-order valence-corrected chi connectivity index (χ1v) is 7.51. The molecule has 0 saturated heterocycles. The highest BCUT2D eigenvalue weighted by Gasteiger charge is 2.52. The van der Waals surface area contributed by atoms with Crippen molar-refractivity contribution in [3.8, 4) is 0 Å². The molecule has 0 aromatic carbocycles. The third-order valence-corrected chi connectivity index (χ3v) is 3.91. The van der Waals surface area contributed by atoms with Gasteiger partial charge in [-0.05, 0) is 31.6 Å². The lowest BCUT2D eigenvalue weighted by molar-refractivity contribution is -0.129. The summed E-state index contributed by atoms with van der Waals surface area (Å²) in [5.41, 5.74) is 4.98. The number of amides is 2. The van der Waals surface area contributed by atoms with E-state index in [1.54, 1.807) is 0 Å². The summed E-state index contributed by atoms with van der Waals surface area (Å²) in [6.45, 7) is 10.2. The van der Waals surface area contributed by atoms with Gasteiger partial charge in [0.1, 0.15) is 0 Å². The fourth-order valence-electron chi connectivity index (χ4n) is 2.23. The van der Waals surface area contributed by atoms with Crippen molar-refractivity contribution >= 4 is 11.8 Å². The van der Waals surface area contributed by atoms with Crippen LogP contribution in [0.2, 0.25) is 0 Å². The summed E-state index contributed by atoms with van der Waals surface area (Å²) >= 11 is 0. The zero-order chi connectivity index (χ0) is 15.1. The Hall–Kier alpha value is -1.06. The summed E-state index contributed by atoms with van der Waals surface area (Å²) in [5.74, 6) is 0.239. The van der Waals surface area contributed by atoms with Crippen LogP contribution >= 0.6 is 0 Å². The highest BCUT2D eigenvalue weighted by Crippen LogP contribution is 2.52. The molecule has 3 N–H and O–H groups in total. The second-order valence-electron chi connectivity index (χ2n) is 5.39. The number of rotatable bonds is 7. The molecule has 1 fully saturated rings. The van der Waals surface area contributed by atoms with E-state index in [4.69, 9.17) is 5.73 Å². The summed E-state index contributed by atoms with van der Waals surface area (Å²) in [5, 5.41) is 3.06. The largest absolute Gasteiger partial charge is 0.370 e. The minimum absolute atomic E-state index is 0.0752. The molecule has 0 spiro atoms. The summed E-state index contributed by atoms with van der Waals surface area (Å²) in [4.78, 5) is 22.9. The highest BCUT2D eigenvalue weighted by atomic mass is 16.2. The summed E-state index contributed by atoms with van der Waals surface area (Å²) in [6, 6.07) is 0.0752. The van der Waals surface area contributed by atoms with Gasteiger partial charge in [0.2, 0.25) is 11.8 Å². The molecule has 4 nitrogen and oxygen atoms in total. The molecule has 0 heterocycles. The normalized spacial score (nSPS) is 17.2.